The van der Waals surface area contributed by atoms with E-state index in [9.17, 15) is 10.1 Å². The number of benzene rings is 2. The van der Waals surface area contributed by atoms with Crippen LogP contribution in [0.1, 0.15) is 17.2 Å². The zero-order valence-corrected chi connectivity index (χ0v) is 14.3. The second kappa shape index (κ2) is 6.10. The van der Waals surface area contributed by atoms with Crippen molar-refractivity contribution in [3.63, 3.8) is 0 Å². The third-order valence-electron chi connectivity index (χ3n) is 3.93. The number of hydrogen-bond donors (Lipinski definition) is 1. The number of rotatable bonds is 3. The lowest BCUT2D eigenvalue weighted by Crippen LogP contribution is -2.20. The van der Waals surface area contributed by atoms with E-state index in [1.165, 1.54) is 12.1 Å². The Labute approximate surface area is 150 Å². The van der Waals surface area contributed by atoms with Gasteiger partial charge in [0.25, 0.3) is 5.69 Å². The number of nitrogens with zero attached hydrogens (tertiary/aromatic N) is 5. The number of nitro groups is 1. The molecule has 0 bridgehead atoms. The molecule has 3 aromatic rings. The Bertz CT molecular complexity index is 965. The van der Waals surface area contributed by atoms with Crippen molar-refractivity contribution in [2.24, 2.45) is 0 Å². The van der Waals surface area contributed by atoms with Crippen LogP contribution in [0.4, 0.5) is 11.6 Å². The van der Waals surface area contributed by atoms with Gasteiger partial charge in [0.05, 0.1) is 4.92 Å². The van der Waals surface area contributed by atoms with Gasteiger partial charge in [-0.2, -0.15) is 4.68 Å². The van der Waals surface area contributed by atoms with Crippen LogP contribution in [0.5, 0.6) is 0 Å². The third-order valence-corrected chi connectivity index (χ3v) is 4.46. The van der Waals surface area contributed by atoms with Gasteiger partial charge < -0.3 is 5.32 Å². The molecule has 1 atom stereocenters. The summed E-state index contributed by atoms with van der Waals surface area (Å²) in [6.07, 6.45) is 1.99. The Kier molecular flexibility index (Phi) is 3.77. The number of nitro benzene ring substituents is 1. The topological polar surface area (TPSA) is 98.8 Å². The molecule has 0 saturated heterocycles. The van der Waals surface area contributed by atoms with E-state index in [2.05, 4.69) is 36.8 Å². The first kappa shape index (κ1) is 15.5. The summed E-state index contributed by atoms with van der Waals surface area (Å²) in [5.74, 6) is 0.517. The lowest BCUT2D eigenvalue weighted by molar-refractivity contribution is -0.384. The fourth-order valence-corrected chi connectivity index (χ4v) is 2.95. The zero-order valence-electron chi connectivity index (χ0n) is 12.7. The number of allylic oxidation sites excluding steroid dienone is 1. The molecule has 0 radical (unpaired) electrons. The van der Waals surface area contributed by atoms with Crippen molar-refractivity contribution in [1.29, 1.82) is 0 Å². The van der Waals surface area contributed by atoms with Crippen LogP contribution in [0.15, 0.2) is 59.1 Å². The minimum atomic E-state index is -0.419. The van der Waals surface area contributed by atoms with E-state index in [1.807, 2.05) is 30.3 Å². The molecule has 1 N–H and O–H groups in total. The highest BCUT2D eigenvalue weighted by Gasteiger charge is 2.24. The maximum absolute atomic E-state index is 10.9. The van der Waals surface area contributed by atoms with Gasteiger partial charge in [-0.15, -0.1) is 0 Å². The highest BCUT2D eigenvalue weighted by atomic mass is 79.9. The van der Waals surface area contributed by atoms with Gasteiger partial charge in [0.2, 0.25) is 5.95 Å². The molecular weight excluding hydrogens is 388 g/mol. The summed E-state index contributed by atoms with van der Waals surface area (Å²) in [5.41, 5.74) is 2.77. The second-order valence-electron chi connectivity index (χ2n) is 5.45. The van der Waals surface area contributed by atoms with Crippen LogP contribution in [-0.2, 0) is 0 Å². The number of hydrogen-bond acceptors (Lipinski definition) is 6. The van der Waals surface area contributed by atoms with Gasteiger partial charge in [-0.25, -0.2) is 0 Å². The van der Waals surface area contributed by atoms with Gasteiger partial charge >= 0.3 is 0 Å². The monoisotopic (exact) mass is 398 g/mol. The molecule has 0 aliphatic carbocycles. The predicted molar refractivity (Wildman–Crippen MR) is 94.8 cm³/mol. The molecule has 4 rings (SSSR count). The number of nitrogens with one attached hydrogen (secondary N) is 1. The first-order valence-electron chi connectivity index (χ1n) is 7.39. The Morgan fingerprint density at radius 2 is 1.84 bits per heavy atom. The predicted octanol–water partition coefficient (Wildman–Crippen LogP) is 3.40. The maximum Gasteiger partial charge on any atom is 0.269 e. The number of anilines is 1. The molecule has 0 spiro atoms. The minimum Gasteiger partial charge on any atom is -0.323 e. The molecule has 1 aliphatic rings. The molecule has 1 aromatic heterocycles. The molecule has 9 heteroatoms. The van der Waals surface area contributed by atoms with E-state index < -0.39 is 4.92 Å². The highest BCUT2D eigenvalue weighted by molar-refractivity contribution is 9.10. The maximum atomic E-state index is 10.9. The summed E-state index contributed by atoms with van der Waals surface area (Å²) in [6, 6.07) is 14.0. The van der Waals surface area contributed by atoms with E-state index in [1.54, 1.807) is 16.8 Å². The summed E-state index contributed by atoms with van der Waals surface area (Å²) in [4.78, 5) is 10.4. The van der Waals surface area contributed by atoms with E-state index in [-0.39, 0.29) is 11.7 Å². The first-order chi connectivity index (χ1) is 12.1. The van der Waals surface area contributed by atoms with Crippen LogP contribution in [0, 0.1) is 10.1 Å². The fourth-order valence-electron chi connectivity index (χ4n) is 2.68. The number of tetrazole rings is 1. The average Bonchev–Trinajstić information content (AvgIpc) is 3.10. The van der Waals surface area contributed by atoms with E-state index in [4.69, 9.17) is 0 Å². The molecule has 1 unspecified atom stereocenters. The van der Waals surface area contributed by atoms with Crippen LogP contribution in [0.3, 0.4) is 0 Å². The van der Waals surface area contributed by atoms with Crippen LogP contribution >= 0.6 is 15.9 Å². The van der Waals surface area contributed by atoms with Crippen molar-refractivity contribution in [3.05, 3.63) is 80.3 Å². The SMILES string of the molecule is O=[N+]([O-])c1ccc(C2C=C(c3ccc(Br)cc3)Nc3nnnn32)cc1. The van der Waals surface area contributed by atoms with Crippen LogP contribution in [-0.4, -0.2) is 25.1 Å². The van der Waals surface area contributed by atoms with Crippen molar-refractivity contribution in [3.8, 4) is 0 Å². The number of fused-ring (bicyclic) bond motifs is 1. The number of halogens is 1. The molecule has 2 heterocycles. The van der Waals surface area contributed by atoms with Crippen molar-refractivity contribution >= 4 is 33.3 Å². The summed E-state index contributed by atoms with van der Waals surface area (Å²) in [5, 5.41) is 25.8. The van der Waals surface area contributed by atoms with E-state index in [0.29, 0.717) is 5.95 Å². The summed E-state index contributed by atoms with van der Waals surface area (Å²) < 4.78 is 2.63. The van der Waals surface area contributed by atoms with Crippen molar-refractivity contribution < 1.29 is 4.92 Å². The largest absolute Gasteiger partial charge is 0.323 e. The quantitative estimate of drug-likeness (QED) is 0.536. The van der Waals surface area contributed by atoms with Crippen LogP contribution in [0.2, 0.25) is 0 Å². The minimum absolute atomic E-state index is 0.0479. The lowest BCUT2D eigenvalue weighted by Gasteiger charge is -2.23. The van der Waals surface area contributed by atoms with Gasteiger partial charge in [0.15, 0.2) is 0 Å². The smallest absolute Gasteiger partial charge is 0.269 e. The average molecular weight is 399 g/mol. The van der Waals surface area contributed by atoms with E-state index >= 15 is 0 Å². The molecule has 8 nitrogen and oxygen atoms in total. The molecule has 1 aliphatic heterocycles. The van der Waals surface area contributed by atoms with Gasteiger partial charge in [0.1, 0.15) is 6.04 Å². The van der Waals surface area contributed by atoms with Crippen molar-refractivity contribution in [2.45, 2.75) is 6.04 Å². The summed E-state index contributed by atoms with van der Waals surface area (Å²) in [7, 11) is 0. The number of non-ortho nitro benzene ring substituents is 1. The van der Waals surface area contributed by atoms with Crippen LogP contribution in [0.25, 0.3) is 5.70 Å². The van der Waals surface area contributed by atoms with Crippen molar-refractivity contribution in [1.82, 2.24) is 20.2 Å². The molecule has 0 amide bonds. The third kappa shape index (κ3) is 2.89. The highest BCUT2D eigenvalue weighted by Crippen LogP contribution is 2.32. The number of aromatic nitrogens is 4. The molecule has 0 fully saturated rings. The molecule has 25 heavy (non-hydrogen) atoms. The van der Waals surface area contributed by atoms with Gasteiger partial charge in [0, 0.05) is 22.3 Å². The van der Waals surface area contributed by atoms with Gasteiger partial charge in [-0.1, -0.05) is 33.2 Å². The second-order valence-corrected chi connectivity index (χ2v) is 6.37. The van der Waals surface area contributed by atoms with Gasteiger partial charge in [-0.3, -0.25) is 10.1 Å². The summed E-state index contributed by atoms with van der Waals surface area (Å²) >= 11 is 3.42. The molecule has 2 aromatic carbocycles. The summed E-state index contributed by atoms with van der Waals surface area (Å²) in [6.45, 7) is 0. The Balaban J connectivity index is 1.76. The molecule has 124 valence electrons. The van der Waals surface area contributed by atoms with Crippen molar-refractivity contribution in [2.75, 3.05) is 5.32 Å². The van der Waals surface area contributed by atoms with E-state index in [0.717, 1.165) is 21.3 Å². The molecule has 0 saturated carbocycles. The standard InChI is InChI=1S/C16H11BrN6O2/c17-12-5-1-10(2-6-12)14-9-15(22-16(18-14)19-20-21-22)11-3-7-13(8-4-11)23(24)25/h1-9,15H,(H,18,19,21). The Hall–Kier alpha value is -3.07. The Morgan fingerprint density at radius 3 is 2.52 bits per heavy atom. The lowest BCUT2D eigenvalue weighted by atomic mass is 10.0. The van der Waals surface area contributed by atoms with Gasteiger partial charge in [-0.05, 0) is 51.9 Å². The fraction of sp³-hybridized carbons (Fsp3) is 0.0625. The zero-order chi connectivity index (χ0) is 17.4. The molecular formula is C16H11BrN6O2. The Morgan fingerprint density at radius 1 is 1.12 bits per heavy atom. The normalized spacial score (nSPS) is 15.9. The van der Waals surface area contributed by atoms with Crippen LogP contribution < -0.4 is 5.32 Å². The first-order valence-corrected chi connectivity index (χ1v) is 8.18.